The van der Waals surface area contributed by atoms with Crippen molar-refractivity contribution in [1.29, 1.82) is 5.26 Å². The lowest BCUT2D eigenvalue weighted by atomic mass is 10.0. The molecular formula is C20H21FN6O4. The summed E-state index contributed by atoms with van der Waals surface area (Å²) < 4.78 is 33.2. The number of halogens is 1. The number of piperidine rings is 1. The number of hydrogen-bond acceptors (Lipinski definition) is 8. The molecule has 1 spiro atoms. The summed E-state index contributed by atoms with van der Waals surface area (Å²) in [6, 6.07) is 6.66. The Kier molecular flexibility index (Phi) is 4.95. The molecule has 3 fully saturated rings. The van der Waals surface area contributed by atoms with E-state index in [0.29, 0.717) is 50.5 Å². The smallest absolute Gasteiger partial charge is 0.414 e. The Morgan fingerprint density at radius 1 is 1.26 bits per heavy atom. The van der Waals surface area contributed by atoms with Crippen LogP contribution in [0.25, 0.3) is 0 Å². The van der Waals surface area contributed by atoms with Gasteiger partial charge in [-0.1, -0.05) is 5.21 Å². The van der Waals surface area contributed by atoms with Crippen LogP contribution in [-0.4, -0.2) is 65.8 Å². The van der Waals surface area contributed by atoms with E-state index in [1.54, 1.807) is 12.1 Å². The van der Waals surface area contributed by atoms with Gasteiger partial charge in [-0.05, 0) is 18.2 Å². The maximum absolute atomic E-state index is 14.9. The molecule has 1 aromatic carbocycles. The number of anilines is 2. The average Bonchev–Trinajstić information content (AvgIpc) is 3.50. The number of carbonyl (C=O) groups is 1. The van der Waals surface area contributed by atoms with Crippen molar-refractivity contribution >= 4 is 17.5 Å². The molecule has 0 bridgehead atoms. The zero-order valence-electron chi connectivity index (χ0n) is 16.7. The second-order valence-electron chi connectivity index (χ2n) is 7.78. The Hall–Kier alpha value is -3.23. The Morgan fingerprint density at radius 2 is 2.03 bits per heavy atom. The third-order valence-corrected chi connectivity index (χ3v) is 5.84. The van der Waals surface area contributed by atoms with Crippen molar-refractivity contribution in [3.05, 3.63) is 35.9 Å². The molecule has 1 aromatic heterocycles. The van der Waals surface area contributed by atoms with E-state index in [2.05, 4.69) is 10.3 Å². The van der Waals surface area contributed by atoms with Gasteiger partial charge in [-0.15, -0.1) is 5.10 Å². The molecular weight excluding hydrogens is 407 g/mol. The zero-order valence-corrected chi connectivity index (χ0v) is 16.7. The molecule has 0 N–H and O–H groups in total. The first-order chi connectivity index (χ1) is 15.0. The van der Waals surface area contributed by atoms with E-state index in [0.717, 1.165) is 0 Å². The SMILES string of the molecule is N#Cc1cn(CC2CN(c3ccc(N4CCC5(CC4)OCCO5)c(F)c3)C(=O)O2)nn1. The second-order valence-corrected chi connectivity index (χ2v) is 7.78. The quantitative estimate of drug-likeness (QED) is 0.724. The van der Waals surface area contributed by atoms with Crippen LogP contribution in [0.1, 0.15) is 18.5 Å². The summed E-state index contributed by atoms with van der Waals surface area (Å²) >= 11 is 0. The van der Waals surface area contributed by atoms with E-state index >= 15 is 0 Å². The monoisotopic (exact) mass is 428 g/mol. The fourth-order valence-corrected chi connectivity index (χ4v) is 4.27. The molecule has 5 rings (SSSR count). The van der Waals surface area contributed by atoms with Crippen molar-refractivity contribution in [2.24, 2.45) is 0 Å². The summed E-state index contributed by atoms with van der Waals surface area (Å²) in [7, 11) is 0. The predicted molar refractivity (Wildman–Crippen MR) is 105 cm³/mol. The standard InChI is InChI=1S/C20H21FN6O4/c21-17-9-15(1-2-18(17)25-5-3-20(4-6-25)29-7-8-30-20)27-13-16(31-19(27)28)12-26-11-14(10-22)23-24-26/h1-2,9,11,16H,3-8,12-13H2. The maximum atomic E-state index is 14.9. The van der Waals surface area contributed by atoms with Crippen LogP contribution in [0.15, 0.2) is 24.4 Å². The van der Waals surface area contributed by atoms with Crippen LogP contribution in [0.3, 0.4) is 0 Å². The van der Waals surface area contributed by atoms with Gasteiger partial charge in [-0.25, -0.2) is 13.9 Å². The number of rotatable bonds is 4. The number of ether oxygens (including phenoxy) is 3. The van der Waals surface area contributed by atoms with Gasteiger partial charge in [-0.2, -0.15) is 5.26 Å². The fraction of sp³-hybridized carbons (Fsp3) is 0.500. The van der Waals surface area contributed by atoms with Gasteiger partial charge in [-0.3, -0.25) is 4.90 Å². The molecule has 3 aliphatic rings. The first kappa shape index (κ1) is 19.7. The molecule has 10 nitrogen and oxygen atoms in total. The van der Waals surface area contributed by atoms with Gasteiger partial charge in [0.1, 0.15) is 18.0 Å². The first-order valence-corrected chi connectivity index (χ1v) is 10.2. The topological polar surface area (TPSA) is 106 Å². The lowest BCUT2D eigenvalue weighted by molar-refractivity contribution is -0.169. The summed E-state index contributed by atoms with van der Waals surface area (Å²) in [6.45, 7) is 2.98. The Morgan fingerprint density at radius 3 is 2.71 bits per heavy atom. The molecule has 3 aliphatic heterocycles. The van der Waals surface area contributed by atoms with E-state index in [-0.39, 0.29) is 18.8 Å². The Balaban J connectivity index is 1.24. The van der Waals surface area contributed by atoms with Gasteiger partial charge in [0, 0.05) is 25.9 Å². The molecule has 0 saturated carbocycles. The molecule has 0 radical (unpaired) electrons. The van der Waals surface area contributed by atoms with Gasteiger partial charge < -0.3 is 19.1 Å². The number of benzene rings is 1. The van der Waals surface area contributed by atoms with Crippen LogP contribution in [0.4, 0.5) is 20.6 Å². The van der Waals surface area contributed by atoms with Crippen molar-refractivity contribution in [3.63, 3.8) is 0 Å². The summed E-state index contributed by atoms with van der Waals surface area (Å²) in [5.41, 5.74) is 1.11. The molecule has 1 unspecified atom stereocenters. The molecule has 162 valence electrons. The number of aromatic nitrogens is 3. The van der Waals surface area contributed by atoms with E-state index in [1.165, 1.54) is 21.8 Å². The summed E-state index contributed by atoms with van der Waals surface area (Å²) in [4.78, 5) is 15.7. The molecule has 11 heteroatoms. The van der Waals surface area contributed by atoms with E-state index < -0.39 is 23.8 Å². The average molecular weight is 428 g/mol. The van der Waals surface area contributed by atoms with E-state index in [4.69, 9.17) is 19.5 Å². The number of cyclic esters (lactones) is 1. The Bertz CT molecular complexity index is 1020. The summed E-state index contributed by atoms with van der Waals surface area (Å²) in [5.74, 6) is -0.910. The van der Waals surface area contributed by atoms with Crippen molar-refractivity contribution in [2.75, 3.05) is 42.6 Å². The van der Waals surface area contributed by atoms with Crippen LogP contribution >= 0.6 is 0 Å². The molecule has 3 saturated heterocycles. The number of amides is 1. The van der Waals surface area contributed by atoms with Gasteiger partial charge in [0.05, 0.1) is 43.9 Å². The highest BCUT2D eigenvalue weighted by molar-refractivity contribution is 5.90. The number of nitriles is 1. The third-order valence-electron chi connectivity index (χ3n) is 5.84. The van der Waals surface area contributed by atoms with Crippen molar-refractivity contribution in [2.45, 2.75) is 31.3 Å². The van der Waals surface area contributed by atoms with Crippen molar-refractivity contribution < 1.29 is 23.4 Å². The summed E-state index contributed by atoms with van der Waals surface area (Å²) in [6.07, 6.45) is 1.82. The third kappa shape index (κ3) is 3.80. The van der Waals surface area contributed by atoms with Crippen LogP contribution in [0, 0.1) is 17.1 Å². The minimum atomic E-state index is -0.548. The predicted octanol–water partition coefficient (Wildman–Crippen LogP) is 1.66. The van der Waals surface area contributed by atoms with Crippen molar-refractivity contribution in [3.8, 4) is 6.07 Å². The highest BCUT2D eigenvalue weighted by Crippen LogP contribution is 2.35. The highest BCUT2D eigenvalue weighted by atomic mass is 19.1. The largest absolute Gasteiger partial charge is 0.442 e. The van der Waals surface area contributed by atoms with E-state index in [1.807, 2.05) is 11.0 Å². The minimum Gasteiger partial charge on any atom is -0.442 e. The maximum Gasteiger partial charge on any atom is 0.414 e. The highest BCUT2D eigenvalue weighted by Gasteiger charge is 2.40. The van der Waals surface area contributed by atoms with Gasteiger partial charge >= 0.3 is 6.09 Å². The van der Waals surface area contributed by atoms with Crippen LogP contribution in [0.2, 0.25) is 0 Å². The lowest BCUT2D eigenvalue weighted by Gasteiger charge is -2.38. The van der Waals surface area contributed by atoms with Gasteiger partial charge in [0.15, 0.2) is 11.5 Å². The molecule has 4 heterocycles. The van der Waals surface area contributed by atoms with Crippen molar-refractivity contribution in [1.82, 2.24) is 15.0 Å². The fourth-order valence-electron chi connectivity index (χ4n) is 4.27. The second kappa shape index (κ2) is 7.79. The normalized spacial score (nSPS) is 22.7. The zero-order chi connectivity index (χ0) is 21.4. The molecule has 31 heavy (non-hydrogen) atoms. The summed E-state index contributed by atoms with van der Waals surface area (Å²) in [5, 5.41) is 16.3. The molecule has 2 aromatic rings. The lowest BCUT2D eigenvalue weighted by Crippen LogP contribution is -2.45. The molecule has 1 amide bonds. The number of hydrogen-bond donors (Lipinski definition) is 0. The van der Waals surface area contributed by atoms with Gasteiger partial charge in [0.25, 0.3) is 0 Å². The molecule has 0 aliphatic carbocycles. The molecule has 1 atom stereocenters. The van der Waals surface area contributed by atoms with Crippen LogP contribution < -0.4 is 9.80 Å². The van der Waals surface area contributed by atoms with Crippen LogP contribution in [0.5, 0.6) is 0 Å². The first-order valence-electron chi connectivity index (χ1n) is 10.2. The number of carbonyl (C=O) groups excluding carboxylic acids is 1. The van der Waals surface area contributed by atoms with Gasteiger partial charge in [0.2, 0.25) is 0 Å². The number of nitrogens with zero attached hydrogens (tertiary/aromatic N) is 6. The van der Waals surface area contributed by atoms with E-state index in [9.17, 15) is 9.18 Å². The van der Waals surface area contributed by atoms with Crippen LogP contribution in [-0.2, 0) is 20.8 Å². The minimum absolute atomic E-state index is 0.188. The Labute approximate surface area is 177 Å².